The van der Waals surface area contributed by atoms with E-state index in [-0.39, 0.29) is 0 Å². The lowest BCUT2D eigenvalue weighted by atomic mass is 10.4. The van der Waals surface area contributed by atoms with Crippen molar-refractivity contribution >= 4 is 0 Å². The highest BCUT2D eigenvalue weighted by atomic mass is 16.5. The van der Waals surface area contributed by atoms with Crippen LogP contribution in [-0.2, 0) is 4.74 Å². The normalized spacial score (nSPS) is 10.3. The van der Waals surface area contributed by atoms with Crippen molar-refractivity contribution in [2.45, 2.75) is 6.92 Å². The molecule has 0 bridgehead atoms. The van der Waals surface area contributed by atoms with Crippen LogP contribution in [0.5, 0.6) is 0 Å². The molecule has 0 aromatic rings. The molecular weight excluding hydrogens is 124 g/mol. The molecule has 0 atom stereocenters. The molecule has 0 unspecified atom stereocenters. The average molecular weight is 136 g/mol. The van der Waals surface area contributed by atoms with Crippen LogP contribution in [0.1, 0.15) is 6.92 Å². The molecule has 0 aromatic carbocycles. The highest BCUT2D eigenvalue weighted by Crippen LogP contribution is 2.05. The standard InChI is InChI=1S/C9H12O/c1-5-8(4)10-9(6-2)7-3/h5-7H,1-2,4H2,3H3/b9-7+. The summed E-state index contributed by atoms with van der Waals surface area (Å²) in [5.41, 5.74) is 0. The lowest BCUT2D eigenvalue weighted by Gasteiger charge is -2.03. The van der Waals surface area contributed by atoms with E-state index >= 15 is 0 Å². The van der Waals surface area contributed by atoms with Crippen molar-refractivity contribution in [1.82, 2.24) is 0 Å². The minimum atomic E-state index is 0.535. The Kier molecular flexibility index (Phi) is 4.05. The van der Waals surface area contributed by atoms with E-state index in [4.69, 9.17) is 4.74 Å². The Bertz CT molecular complexity index is 175. The van der Waals surface area contributed by atoms with Crippen molar-refractivity contribution < 1.29 is 4.74 Å². The Hall–Kier alpha value is -1.24. The van der Waals surface area contributed by atoms with Gasteiger partial charge < -0.3 is 4.74 Å². The highest BCUT2D eigenvalue weighted by molar-refractivity contribution is 5.14. The third kappa shape index (κ3) is 2.92. The number of hydrogen-bond acceptors (Lipinski definition) is 1. The molecule has 0 heterocycles. The molecule has 10 heavy (non-hydrogen) atoms. The zero-order valence-corrected chi connectivity index (χ0v) is 6.26. The quantitative estimate of drug-likeness (QED) is 0.426. The van der Waals surface area contributed by atoms with Gasteiger partial charge in [-0.3, -0.25) is 0 Å². The molecule has 0 radical (unpaired) electrons. The summed E-state index contributed by atoms with van der Waals surface area (Å²) in [6.45, 7) is 12.5. The maximum Gasteiger partial charge on any atom is 0.122 e. The zero-order chi connectivity index (χ0) is 7.98. The molecule has 54 valence electrons. The lowest BCUT2D eigenvalue weighted by Crippen LogP contribution is -1.84. The molecule has 0 aromatic heterocycles. The van der Waals surface area contributed by atoms with Gasteiger partial charge in [0.2, 0.25) is 0 Å². The smallest absolute Gasteiger partial charge is 0.122 e. The van der Waals surface area contributed by atoms with Crippen molar-refractivity contribution in [3.05, 3.63) is 49.5 Å². The number of ether oxygens (including phenoxy) is 1. The van der Waals surface area contributed by atoms with Crippen LogP contribution >= 0.6 is 0 Å². The Morgan fingerprint density at radius 1 is 1.30 bits per heavy atom. The van der Waals surface area contributed by atoms with Gasteiger partial charge in [0.05, 0.1) is 0 Å². The van der Waals surface area contributed by atoms with Crippen LogP contribution in [-0.4, -0.2) is 0 Å². The molecule has 0 aliphatic rings. The summed E-state index contributed by atoms with van der Waals surface area (Å²) in [7, 11) is 0. The van der Waals surface area contributed by atoms with E-state index in [0.29, 0.717) is 11.5 Å². The number of hydrogen-bond donors (Lipinski definition) is 0. The van der Waals surface area contributed by atoms with Gasteiger partial charge >= 0.3 is 0 Å². The van der Waals surface area contributed by atoms with Crippen LogP contribution < -0.4 is 0 Å². The second-order valence-corrected chi connectivity index (χ2v) is 1.67. The monoisotopic (exact) mass is 136 g/mol. The van der Waals surface area contributed by atoms with Crippen molar-refractivity contribution in [3.63, 3.8) is 0 Å². The van der Waals surface area contributed by atoms with E-state index in [1.54, 1.807) is 12.2 Å². The molecule has 0 saturated carbocycles. The summed E-state index contributed by atoms with van der Waals surface area (Å²) in [5, 5.41) is 0. The van der Waals surface area contributed by atoms with Gasteiger partial charge in [-0.1, -0.05) is 19.7 Å². The Morgan fingerprint density at radius 3 is 2.20 bits per heavy atom. The molecule has 0 aliphatic carbocycles. The maximum absolute atomic E-state index is 5.13. The van der Waals surface area contributed by atoms with Gasteiger partial charge in [-0.05, 0) is 25.2 Å². The predicted octanol–water partition coefficient (Wildman–Crippen LogP) is 2.79. The third-order valence-electron chi connectivity index (χ3n) is 0.962. The first kappa shape index (κ1) is 8.76. The van der Waals surface area contributed by atoms with Crippen LogP contribution in [0.4, 0.5) is 0 Å². The van der Waals surface area contributed by atoms with Gasteiger partial charge in [-0.25, -0.2) is 0 Å². The largest absolute Gasteiger partial charge is 0.458 e. The first-order valence-electron chi connectivity index (χ1n) is 3.02. The minimum absolute atomic E-state index is 0.535. The summed E-state index contributed by atoms with van der Waals surface area (Å²) < 4.78 is 5.13. The van der Waals surface area contributed by atoms with E-state index in [0.717, 1.165) is 0 Å². The second-order valence-electron chi connectivity index (χ2n) is 1.67. The van der Waals surface area contributed by atoms with Gasteiger partial charge in [-0.15, -0.1) is 0 Å². The van der Waals surface area contributed by atoms with Gasteiger partial charge in [0.15, 0.2) is 0 Å². The fourth-order valence-electron chi connectivity index (χ4n) is 0.411. The summed E-state index contributed by atoms with van der Waals surface area (Å²) in [5.74, 6) is 1.23. The highest BCUT2D eigenvalue weighted by Gasteiger charge is 1.89. The van der Waals surface area contributed by atoms with Crippen LogP contribution in [0, 0.1) is 0 Å². The molecular formula is C9H12O. The summed E-state index contributed by atoms with van der Waals surface area (Å²) in [6.07, 6.45) is 4.98. The molecule has 0 amide bonds. The lowest BCUT2D eigenvalue weighted by molar-refractivity contribution is 0.338. The van der Waals surface area contributed by atoms with Gasteiger partial charge in [0.1, 0.15) is 11.5 Å². The van der Waals surface area contributed by atoms with E-state index in [2.05, 4.69) is 19.7 Å². The van der Waals surface area contributed by atoms with E-state index < -0.39 is 0 Å². The first-order valence-corrected chi connectivity index (χ1v) is 3.02. The summed E-state index contributed by atoms with van der Waals surface area (Å²) in [4.78, 5) is 0. The predicted molar refractivity (Wildman–Crippen MR) is 44.4 cm³/mol. The molecule has 0 aliphatic heterocycles. The average Bonchev–Trinajstić information content (AvgIpc) is 1.99. The van der Waals surface area contributed by atoms with Gasteiger partial charge in [-0.2, -0.15) is 0 Å². The van der Waals surface area contributed by atoms with E-state index in [1.165, 1.54) is 0 Å². The van der Waals surface area contributed by atoms with Crippen molar-refractivity contribution in [1.29, 1.82) is 0 Å². The van der Waals surface area contributed by atoms with Crippen LogP contribution in [0.15, 0.2) is 49.5 Å². The number of rotatable bonds is 4. The summed E-state index contributed by atoms with van der Waals surface area (Å²) >= 11 is 0. The van der Waals surface area contributed by atoms with E-state index in [1.807, 2.05) is 13.0 Å². The second kappa shape index (κ2) is 4.62. The molecule has 0 fully saturated rings. The first-order chi connectivity index (χ1) is 4.74. The van der Waals surface area contributed by atoms with Crippen molar-refractivity contribution in [3.8, 4) is 0 Å². The fraction of sp³-hybridized carbons (Fsp3) is 0.111. The molecule has 1 heteroatoms. The van der Waals surface area contributed by atoms with Gasteiger partial charge in [0, 0.05) is 0 Å². The Morgan fingerprint density at radius 2 is 1.90 bits per heavy atom. The third-order valence-corrected chi connectivity index (χ3v) is 0.962. The number of allylic oxidation sites excluding steroid dienone is 3. The molecule has 0 saturated heterocycles. The van der Waals surface area contributed by atoms with Crippen molar-refractivity contribution in [2.24, 2.45) is 0 Å². The maximum atomic E-state index is 5.13. The Balaban J connectivity index is 3.99. The topological polar surface area (TPSA) is 9.23 Å². The minimum Gasteiger partial charge on any atom is -0.458 e. The SMILES string of the molecule is C=CC(=C)O/C(C=C)=C/C. The van der Waals surface area contributed by atoms with Crippen LogP contribution in [0.25, 0.3) is 0 Å². The van der Waals surface area contributed by atoms with E-state index in [9.17, 15) is 0 Å². The van der Waals surface area contributed by atoms with Crippen LogP contribution in [0.3, 0.4) is 0 Å². The fourth-order valence-corrected chi connectivity index (χ4v) is 0.411. The molecule has 0 N–H and O–H groups in total. The zero-order valence-electron chi connectivity index (χ0n) is 6.26. The Labute approximate surface area is 62.0 Å². The molecule has 0 rings (SSSR count). The molecule has 0 spiro atoms. The van der Waals surface area contributed by atoms with Crippen molar-refractivity contribution in [2.75, 3.05) is 0 Å². The van der Waals surface area contributed by atoms with Gasteiger partial charge in [0.25, 0.3) is 0 Å². The van der Waals surface area contributed by atoms with Crippen LogP contribution in [0.2, 0.25) is 0 Å². The molecule has 1 nitrogen and oxygen atoms in total. The summed E-state index contributed by atoms with van der Waals surface area (Å²) in [6, 6.07) is 0.